The summed E-state index contributed by atoms with van der Waals surface area (Å²) in [4.78, 5) is 18.6. The number of methoxy groups -OCH3 is 1. The number of hydrogen-bond acceptors (Lipinski definition) is 5. The third-order valence-corrected chi connectivity index (χ3v) is 6.42. The van der Waals surface area contributed by atoms with Crippen LogP contribution in [0.4, 0.5) is 11.5 Å². The van der Waals surface area contributed by atoms with Gasteiger partial charge >= 0.3 is 0 Å². The maximum Gasteiger partial charge on any atom is 0.246 e. The van der Waals surface area contributed by atoms with Crippen molar-refractivity contribution in [2.24, 2.45) is 11.8 Å². The van der Waals surface area contributed by atoms with Gasteiger partial charge in [0.05, 0.1) is 0 Å². The van der Waals surface area contributed by atoms with Crippen LogP contribution in [0.2, 0.25) is 0 Å². The Balaban J connectivity index is 1.50. The third kappa shape index (κ3) is 3.55. The lowest BCUT2D eigenvalue weighted by Crippen LogP contribution is -2.49. The first-order valence-electron chi connectivity index (χ1n) is 10.0. The molecule has 3 aliphatic rings. The molecule has 6 nitrogen and oxygen atoms in total. The van der Waals surface area contributed by atoms with Gasteiger partial charge in [0.2, 0.25) is 5.91 Å². The Morgan fingerprint density at radius 2 is 2.37 bits per heavy atom. The van der Waals surface area contributed by atoms with E-state index in [9.17, 15) is 4.79 Å². The smallest absolute Gasteiger partial charge is 0.246 e. The van der Waals surface area contributed by atoms with Crippen LogP contribution in [0, 0.1) is 11.8 Å². The molecule has 3 heterocycles. The van der Waals surface area contributed by atoms with Gasteiger partial charge in [0.1, 0.15) is 5.82 Å². The predicted molar refractivity (Wildman–Crippen MR) is 107 cm³/mol. The predicted octanol–water partition coefficient (Wildman–Crippen LogP) is 2.85. The minimum Gasteiger partial charge on any atom is -0.384 e. The molecule has 0 bridgehead atoms. The molecule has 2 N–H and O–H groups in total. The van der Waals surface area contributed by atoms with Crippen molar-refractivity contribution < 1.29 is 9.53 Å². The molecule has 1 amide bonds. The lowest BCUT2D eigenvalue weighted by molar-refractivity contribution is -0.129. The third-order valence-electron chi connectivity index (χ3n) is 6.42. The van der Waals surface area contributed by atoms with Crippen LogP contribution in [-0.2, 0) is 9.53 Å². The molecular weight excluding hydrogens is 340 g/mol. The summed E-state index contributed by atoms with van der Waals surface area (Å²) in [6, 6.07) is 2.61. The molecule has 27 heavy (non-hydrogen) atoms. The zero-order chi connectivity index (χ0) is 19.0. The molecule has 5 atom stereocenters. The molecule has 1 saturated carbocycles. The molecule has 2 fully saturated rings. The number of likely N-dealkylation sites (tertiary alicyclic amines) is 1. The summed E-state index contributed by atoms with van der Waals surface area (Å²) in [6.45, 7) is 8.28. The highest BCUT2D eigenvalue weighted by Crippen LogP contribution is 2.53. The Kier molecular flexibility index (Phi) is 5.08. The van der Waals surface area contributed by atoms with Crippen LogP contribution in [0.3, 0.4) is 0 Å². The number of carbonyl (C=O) groups is 1. The zero-order valence-electron chi connectivity index (χ0n) is 16.3. The summed E-state index contributed by atoms with van der Waals surface area (Å²) in [5, 5.41) is 7.22. The van der Waals surface area contributed by atoms with Gasteiger partial charge in [0, 0.05) is 62.3 Å². The highest BCUT2D eigenvalue weighted by atomic mass is 16.5. The van der Waals surface area contributed by atoms with Crippen molar-refractivity contribution in [2.45, 2.75) is 44.2 Å². The number of hydrogen-bond donors (Lipinski definition) is 2. The molecule has 6 heteroatoms. The number of anilines is 2. The maximum absolute atomic E-state index is 12.2. The second-order valence-electron chi connectivity index (χ2n) is 8.19. The Morgan fingerprint density at radius 1 is 1.52 bits per heavy atom. The molecule has 1 aromatic heterocycles. The Morgan fingerprint density at radius 3 is 3.15 bits per heavy atom. The van der Waals surface area contributed by atoms with E-state index < -0.39 is 0 Å². The highest BCUT2D eigenvalue weighted by Gasteiger charge is 2.46. The number of nitrogens with zero attached hydrogens (tertiary/aromatic N) is 2. The quantitative estimate of drug-likeness (QED) is 0.754. The van der Waals surface area contributed by atoms with Crippen LogP contribution in [-0.4, -0.2) is 54.7 Å². The molecule has 1 saturated heterocycles. The van der Waals surface area contributed by atoms with E-state index in [4.69, 9.17) is 4.74 Å². The van der Waals surface area contributed by atoms with Gasteiger partial charge in [-0.25, -0.2) is 4.98 Å². The number of rotatable bonds is 6. The summed E-state index contributed by atoms with van der Waals surface area (Å²) in [6.07, 6.45) is 6.59. The number of fused-ring (bicyclic) bond motifs is 1. The van der Waals surface area contributed by atoms with Crippen LogP contribution in [0.1, 0.15) is 37.7 Å². The van der Waals surface area contributed by atoms with Gasteiger partial charge in [-0.2, -0.15) is 0 Å². The molecular formula is C21H30N4O2. The van der Waals surface area contributed by atoms with Crippen molar-refractivity contribution in [2.75, 3.05) is 37.4 Å². The molecule has 2 aliphatic heterocycles. The standard InChI is InChI=1S/C21H30N4O2/c1-4-19(26)25-11-15(6-5-13(25)2)24-18-7-8-22-21-20(18)17(10-23-21)16-9-14(16)12-27-3/h4,7-8,13-17H,1,5-6,9-12H2,2-3H3,(H2,22,23,24)/t13-,14+,15+,16-,17?/m0/s1. The van der Waals surface area contributed by atoms with E-state index in [0.717, 1.165) is 38.4 Å². The normalized spacial score (nSPS) is 31.8. The average Bonchev–Trinajstić information content (AvgIpc) is 3.30. The van der Waals surface area contributed by atoms with Gasteiger partial charge in [-0.1, -0.05) is 6.58 Å². The molecule has 1 unspecified atom stereocenters. The maximum atomic E-state index is 12.2. The SMILES string of the molecule is C=CC(=O)N1C[C@H](Nc2ccnc3c2C([C@H]2C[C@@H]2COC)CN3)CC[C@@H]1C. The number of piperidine rings is 1. The van der Waals surface area contributed by atoms with Gasteiger partial charge in [0.25, 0.3) is 0 Å². The minimum absolute atomic E-state index is 0.0221. The Hall–Kier alpha value is -2.08. The first-order valence-corrected chi connectivity index (χ1v) is 10.0. The van der Waals surface area contributed by atoms with Crippen LogP contribution in [0.15, 0.2) is 24.9 Å². The number of pyridine rings is 1. The topological polar surface area (TPSA) is 66.5 Å². The average molecular weight is 370 g/mol. The van der Waals surface area contributed by atoms with Crippen LogP contribution in [0.5, 0.6) is 0 Å². The second kappa shape index (κ2) is 7.50. The second-order valence-corrected chi connectivity index (χ2v) is 8.19. The van der Waals surface area contributed by atoms with Crippen molar-refractivity contribution >= 4 is 17.4 Å². The van der Waals surface area contributed by atoms with E-state index in [1.54, 1.807) is 7.11 Å². The molecule has 1 aromatic rings. The first kappa shape index (κ1) is 18.3. The van der Waals surface area contributed by atoms with E-state index >= 15 is 0 Å². The Labute approximate surface area is 161 Å². The van der Waals surface area contributed by atoms with Gasteiger partial charge in [-0.3, -0.25) is 4.79 Å². The fraction of sp³-hybridized carbons (Fsp3) is 0.619. The van der Waals surface area contributed by atoms with Gasteiger partial charge in [-0.15, -0.1) is 0 Å². The van der Waals surface area contributed by atoms with E-state index in [-0.39, 0.29) is 18.0 Å². The molecule has 0 radical (unpaired) electrons. The fourth-order valence-electron chi connectivity index (χ4n) is 4.83. The molecule has 146 valence electrons. The molecule has 0 aromatic carbocycles. The van der Waals surface area contributed by atoms with Crippen molar-refractivity contribution in [1.29, 1.82) is 0 Å². The Bertz CT molecular complexity index is 722. The molecule has 4 rings (SSSR count). The van der Waals surface area contributed by atoms with Crippen LogP contribution >= 0.6 is 0 Å². The fourth-order valence-corrected chi connectivity index (χ4v) is 4.83. The van der Waals surface area contributed by atoms with Crippen molar-refractivity contribution in [3.63, 3.8) is 0 Å². The summed E-state index contributed by atoms with van der Waals surface area (Å²) < 4.78 is 5.35. The van der Waals surface area contributed by atoms with Crippen LogP contribution < -0.4 is 10.6 Å². The van der Waals surface area contributed by atoms with Gasteiger partial charge in [0.15, 0.2) is 0 Å². The number of carbonyl (C=O) groups excluding carboxylic acids is 1. The summed E-state index contributed by atoms with van der Waals surface area (Å²) in [5.74, 6) is 2.86. The summed E-state index contributed by atoms with van der Waals surface area (Å²) >= 11 is 0. The number of aromatic nitrogens is 1. The van der Waals surface area contributed by atoms with E-state index in [1.807, 2.05) is 11.1 Å². The minimum atomic E-state index is 0.0221. The number of amides is 1. The molecule has 1 aliphatic carbocycles. The van der Waals surface area contributed by atoms with E-state index in [2.05, 4.69) is 35.2 Å². The number of nitrogens with one attached hydrogen (secondary N) is 2. The van der Waals surface area contributed by atoms with Crippen molar-refractivity contribution in [3.05, 3.63) is 30.5 Å². The summed E-state index contributed by atoms with van der Waals surface area (Å²) in [7, 11) is 1.78. The molecule has 0 spiro atoms. The van der Waals surface area contributed by atoms with Crippen molar-refractivity contribution in [3.8, 4) is 0 Å². The van der Waals surface area contributed by atoms with Crippen molar-refractivity contribution in [1.82, 2.24) is 9.88 Å². The van der Waals surface area contributed by atoms with E-state index in [1.165, 1.54) is 23.7 Å². The van der Waals surface area contributed by atoms with Crippen LogP contribution in [0.25, 0.3) is 0 Å². The highest BCUT2D eigenvalue weighted by molar-refractivity contribution is 5.87. The van der Waals surface area contributed by atoms with Gasteiger partial charge < -0.3 is 20.3 Å². The lowest BCUT2D eigenvalue weighted by Gasteiger charge is -2.38. The summed E-state index contributed by atoms with van der Waals surface area (Å²) in [5.41, 5.74) is 2.49. The monoisotopic (exact) mass is 370 g/mol. The lowest BCUT2D eigenvalue weighted by atomic mass is 9.93. The number of ether oxygens (including phenoxy) is 1. The van der Waals surface area contributed by atoms with E-state index in [0.29, 0.717) is 17.8 Å². The van der Waals surface area contributed by atoms with Gasteiger partial charge in [-0.05, 0) is 50.2 Å². The largest absolute Gasteiger partial charge is 0.384 e. The zero-order valence-corrected chi connectivity index (χ0v) is 16.3. The first-order chi connectivity index (χ1) is 13.1.